The Hall–Kier alpha value is -1.81. The molecule has 20 heavy (non-hydrogen) atoms. The summed E-state index contributed by atoms with van der Waals surface area (Å²) in [5.74, 6) is 0.562. The SMILES string of the molecule is CCc1ccc(C(=O)Nc2cc(OC)ccc2Br)cc1. The van der Waals surface area contributed by atoms with Crippen molar-refractivity contribution in [1.82, 2.24) is 0 Å². The first-order valence-corrected chi connectivity index (χ1v) is 7.17. The van der Waals surface area contributed by atoms with E-state index in [2.05, 4.69) is 28.2 Å². The van der Waals surface area contributed by atoms with Crippen molar-refractivity contribution in [3.05, 3.63) is 58.1 Å². The van der Waals surface area contributed by atoms with Crippen LogP contribution in [0.5, 0.6) is 5.75 Å². The van der Waals surface area contributed by atoms with Gasteiger partial charge in [0.15, 0.2) is 0 Å². The highest BCUT2D eigenvalue weighted by molar-refractivity contribution is 9.10. The molecule has 0 spiro atoms. The van der Waals surface area contributed by atoms with Gasteiger partial charge in [-0.2, -0.15) is 0 Å². The molecule has 1 N–H and O–H groups in total. The first kappa shape index (κ1) is 14.6. The summed E-state index contributed by atoms with van der Waals surface area (Å²) in [5, 5.41) is 2.87. The third kappa shape index (κ3) is 3.39. The molecule has 0 unspecified atom stereocenters. The molecule has 3 nitrogen and oxygen atoms in total. The van der Waals surface area contributed by atoms with E-state index in [4.69, 9.17) is 4.74 Å². The van der Waals surface area contributed by atoms with Crippen LogP contribution in [0.25, 0.3) is 0 Å². The number of hydrogen-bond acceptors (Lipinski definition) is 2. The molecule has 0 aliphatic heterocycles. The molecule has 0 atom stereocenters. The molecule has 2 aromatic rings. The van der Waals surface area contributed by atoms with Gasteiger partial charge in [0.25, 0.3) is 5.91 Å². The minimum absolute atomic E-state index is 0.137. The number of methoxy groups -OCH3 is 1. The minimum atomic E-state index is -0.137. The van der Waals surface area contributed by atoms with Crippen LogP contribution in [0.2, 0.25) is 0 Å². The summed E-state index contributed by atoms with van der Waals surface area (Å²) in [4.78, 5) is 12.2. The van der Waals surface area contributed by atoms with Gasteiger partial charge in [0.2, 0.25) is 0 Å². The number of benzene rings is 2. The zero-order valence-electron chi connectivity index (χ0n) is 11.4. The third-order valence-electron chi connectivity index (χ3n) is 3.05. The van der Waals surface area contributed by atoms with Crippen LogP contribution in [0.3, 0.4) is 0 Å². The average molecular weight is 334 g/mol. The first-order chi connectivity index (χ1) is 9.63. The van der Waals surface area contributed by atoms with Crippen LogP contribution in [-0.2, 0) is 6.42 Å². The standard InChI is InChI=1S/C16H16BrNO2/c1-3-11-4-6-12(7-5-11)16(19)18-15-10-13(20-2)8-9-14(15)17/h4-10H,3H2,1-2H3,(H,18,19). The minimum Gasteiger partial charge on any atom is -0.497 e. The van der Waals surface area contributed by atoms with Crippen molar-refractivity contribution in [2.75, 3.05) is 12.4 Å². The van der Waals surface area contributed by atoms with Crippen molar-refractivity contribution < 1.29 is 9.53 Å². The molecule has 0 fully saturated rings. The van der Waals surface area contributed by atoms with Gasteiger partial charge in [0.1, 0.15) is 5.75 Å². The number of hydrogen-bond donors (Lipinski definition) is 1. The number of amides is 1. The van der Waals surface area contributed by atoms with Gasteiger partial charge in [-0.1, -0.05) is 19.1 Å². The van der Waals surface area contributed by atoms with Crippen molar-refractivity contribution in [1.29, 1.82) is 0 Å². The highest BCUT2D eigenvalue weighted by atomic mass is 79.9. The summed E-state index contributed by atoms with van der Waals surface area (Å²) < 4.78 is 5.97. The molecule has 0 saturated carbocycles. The van der Waals surface area contributed by atoms with Crippen LogP contribution >= 0.6 is 15.9 Å². The van der Waals surface area contributed by atoms with E-state index in [0.29, 0.717) is 17.0 Å². The number of nitrogens with one attached hydrogen (secondary N) is 1. The van der Waals surface area contributed by atoms with Gasteiger partial charge < -0.3 is 10.1 Å². The van der Waals surface area contributed by atoms with Gasteiger partial charge in [-0.3, -0.25) is 4.79 Å². The number of halogens is 1. The molecule has 2 rings (SSSR count). The second-order valence-electron chi connectivity index (χ2n) is 4.35. The summed E-state index contributed by atoms with van der Waals surface area (Å²) in [5.41, 5.74) is 2.54. The second-order valence-corrected chi connectivity index (χ2v) is 5.20. The van der Waals surface area contributed by atoms with E-state index in [9.17, 15) is 4.79 Å². The topological polar surface area (TPSA) is 38.3 Å². The van der Waals surface area contributed by atoms with E-state index in [1.54, 1.807) is 13.2 Å². The van der Waals surface area contributed by atoms with Crippen molar-refractivity contribution in [3.63, 3.8) is 0 Å². The van der Waals surface area contributed by atoms with Crippen LogP contribution in [0.1, 0.15) is 22.8 Å². The maximum absolute atomic E-state index is 12.2. The van der Waals surface area contributed by atoms with E-state index < -0.39 is 0 Å². The van der Waals surface area contributed by atoms with Crippen LogP contribution in [0, 0.1) is 0 Å². The fourth-order valence-corrected chi connectivity index (χ4v) is 2.16. The molecule has 0 aromatic heterocycles. The van der Waals surface area contributed by atoms with Gasteiger partial charge in [-0.25, -0.2) is 0 Å². The van der Waals surface area contributed by atoms with Gasteiger partial charge in [0, 0.05) is 16.1 Å². The maximum atomic E-state index is 12.2. The molecular weight excluding hydrogens is 318 g/mol. The lowest BCUT2D eigenvalue weighted by Gasteiger charge is -2.09. The Labute approximate surface area is 127 Å². The first-order valence-electron chi connectivity index (χ1n) is 6.38. The Morgan fingerprint density at radius 3 is 2.50 bits per heavy atom. The van der Waals surface area contributed by atoms with Crippen molar-refractivity contribution in [3.8, 4) is 5.75 Å². The van der Waals surface area contributed by atoms with E-state index in [-0.39, 0.29) is 5.91 Å². The van der Waals surface area contributed by atoms with E-state index >= 15 is 0 Å². The predicted octanol–water partition coefficient (Wildman–Crippen LogP) is 4.27. The van der Waals surface area contributed by atoms with E-state index in [1.165, 1.54) is 5.56 Å². The third-order valence-corrected chi connectivity index (χ3v) is 3.74. The van der Waals surface area contributed by atoms with Gasteiger partial charge in [-0.05, 0) is 52.2 Å². The van der Waals surface area contributed by atoms with Crippen molar-refractivity contribution in [2.45, 2.75) is 13.3 Å². The molecule has 0 radical (unpaired) electrons. The zero-order valence-corrected chi connectivity index (χ0v) is 13.0. The fraction of sp³-hybridized carbons (Fsp3) is 0.188. The molecule has 0 aliphatic rings. The highest BCUT2D eigenvalue weighted by Crippen LogP contribution is 2.27. The maximum Gasteiger partial charge on any atom is 0.255 e. The highest BCUT2D eigenvalue weighted by Gasteiger charge is 2.09. The summed E-state index contributed by atoms with van der Waals surface area (Å²) in [6, 6.07) is 13.1. The zero-order chi connectivity index (χ0) is 14.5. The molecule has 0 heterocycles. The Morgan fingerprint density at radius 2 is 1.90 bits per heavy atom. The van der Waals surface area contributed by atoms with Gasteiger partial charge in [0.05, 0.1) is 12.8 Å². The molecule has 0 aliphatic carbocycles. The lowest BCUT2D eigenvalue weighted by atomic mass is 10.1. The second kappa shape index (κ2) is 6.57. The van der Waals surface area contributed by atoms with Gasteiger partial charge in [-0.15, -0.1) is 0 Å². The fourth-order valence-electron chi connectivity index (χ4n) is 1.81. The lowest BCUT2D eigenvalue weighted by Crippen LogP contribution is -2.12. The number of carbonyl (C=O) groups excluding carboxylic acids is 1. The average Bonchev–Trinajstić information content (AvgIpc) is 2.49. The van der Waals surface area contributed by atoms with Crippen LogP contribution in [0.4, 0.5) is 5.69 Å². The largest absolute Gasteiger partial charge is 0.497 e. The Morgan fingerprint density at radius 1 is 1.20 bits per heavy atom. The van der Waals surface area contributed by atoms with Crippen molar-refractivity contribution in [2.24, 2.45) is 0 Å². The summed E-state index contributed by atoms with van der Waals surface area (Å²) in [6.45, 7) is 2.09. The van der Waals surface area contributed by atoms with E-state index in [0.717, 1.165) is 10.9 Å². The molecule has 104 valence electrons. The smallest absolute Gasteiger partial charge is 0.255 e. The van der Waals surface area contributed by atoms with E-state index in [1.807, 2.05) is 36.4 Å². The summed E-state index contributed by atoms with van der Waals surface area (Å²) >= 11 is 3.41. The number of carbonyl (C=O) groups is 1. The quantitative estimate of drug-likeness (QED) is 0.907. The predicted molar refractivity (Wildman–Crippen MR) is 84.5 cm³/mol. The molecule has 0 saturated heterocycles. The number of anilines is 1. The number of ether oxygens (including phenoxy) is 1. The molecule has 0 bridgehead atoms. The molecular formula is C16H16BrNO2. The van der Waals surface area contributed by atoms with Crippen LogP contribution in [0.15, 0.2) is 46.9 Å². The van der Waals surface area contributed by atoms with Crippen molar-refractivity contribution >= 4 is 27.5 Å². The lowest BCUT2D eigenvalue weighted by molar-refractivity contribution is 0.102. The Balaban J connectivity index is 2.18. The molecule has 2 aromatic carbocycles. The number of rotatable bonds is 4. The van der Waals surface area contributed by atoms with Gasteiger partial charge >= 0.3 is 0 Å². The Bertz CT molecular complexity index is 608. The summed E-state index contributed by atoms with van der Waals surface area (Å²) in [6.07, 6.45) is 0.962. The molecule has 1 amide bonds. The monoisotopic (exact) mass is 333 g/mol. The Kier molecular flexibility index (Phi) is 4.79. The number of aryl methyl sites for hydroxylation is 1. The van der Waals surface area contributed by atoms with Crippen LogP contribution < -0.4 is 10.1 Å². The molecule has 4 heteroatoms. The normalized spacial score (nSPS) is 10.2. The summed E-state index contributed by atoms with van der Waals surface area (Å²) in [7, 11) is 1.60. The van der Waals surface area contributed by atoms with Crippen LogP contribution in [-0.4, -0.2) is 13.0 Å².